The Hall–Kier alpha value is -4.55. The minimum atomic E-state index is -1.06. The van der Waals surface area contributed by atoms with E-state index in [1.165, 1.54) is 43.5 Å². The molecule has 1 atom stereocenters. The SMILES string of the molecule is COCCC(C(=O)Nc1ccc(C(N)=O)c(F)c1)n1cc(OC)c(-c2cc(Cl)ccc2-c2nnco2)cc1=O. The molecule has 4 rings (SSSR count). The Morgan fingerprint density at radius 2 is 1.95 bits per heavy atom. The Bertz CT molecular complexity index is 1570. The van der Waals surface area contributed by atoms with Crippen molar-refractivity contribution in [3.63, 3.8) is 0 Å². The largest absolute Gasteiger partial charge is 0.495 e. The zero-order chi connectivity index (χ0) is 28.1. The first-order valence-corrected chi connectivity index (χ1v) is 11.9. The van der Waals surface area contributed by atoms with Crippen LogP contribution in [-0.4, -0.2) is 47.4 Å². The van der Waals surface area contributed by atoms with Gasteiger partial charge in [-0.25, -0.2) is 4.39 Å². The van der Waals surface area contributed by atoms with Crippen LogP contribution in [-0.2, 0) is 9.53 Å². The summed E-state index contributed by atoms with van der Waals surface area (Å²) in [4.78, 5) is 38.0. The maximum atomic E-state index is 14.2. The average Bonchev–Trinajstić information content (AvgIpc) is 3.44. The Morgan fingerprint density at radius 3 is 2.59 bits per heavy atom. The van der Waals surface area contributed by atoms with Crippen LogP contribution in [0.25, 0.3) is 22.6 Å². The monoisotopic (exact) mass is 555 g/mol. The smallest absolute Gasteiger partial charge is 0.252 e. The number of amides is 2. The van der Waals surface area contributed by atoms with Gasteiger partial charge in [0.15, 0.2) is 0 Å². The number of pyridine rings is 1. The van der Waals surface area contributed by atoms with E-state index in [4.69, 9.17) is 31.2 Å². The topological polar surface area (TPSA) is 152 Å². The van der Waals surface area contributed by atoms with E-state index in [0.29, 0.717) is 21.7 Å². The highest BCUT2D eigenvalue weighted by atomic mass is 35.5. The summed E-state index contributed by atoms with van der Waals surface area (Å²) in [5.74, 6) is -1.99. The second-order valence-electron chi connectivity index (χ2n) is 8.28. The first-order chi connectivity index (χ1) is 18.7. The van der Waals surface area contributed by atoms with Crippen LogP contribution in [0.5, 0.6) is 5.75 Å². The molecule has 0 fully saturated rings. The molecule has 39 heavy (non-hydrogen) atoms. The second kappa shape index (κ2) is 11.9. The lowest BCUT2D eigenvalue weighted by Gasteiger charge is -2.21. The van der Waals surface area contributed by atoms with Crippen LogP contribution in [0.3, 0.4) is 0 Å². The molecule has 0 bridgehead atoms. The fraction of sp³-hybridized carbons (Fsp3) is 0.192. The Morgan fingerprint density at radius 1 is 1.15 bits per heavy atom. The van der Waals surface area contributed by atoms with Gasteiger partial charge in [-0.05, 0) is 42.0 Å². The molecule has 0 aliphatic carbocycles. The highest BCUT2D eigenvalue weighted by Gasteiger charge is 2.25. The van der Waals surface area contributed by atoms with Crippen LogP contribution in [0.4, 0.5) is 10.1 Å². The lowest BCUT2D eigenvalue weighted by molar-refractivity contribution is -0.119. The number of nitrogens with two attached hydrogens (primary N) is 1. The van der Waals surface area contributed by atoms with E-state index in [0.717, 1.165) is 12.1 Å². The van der Waals surface area contributed by atoms with Gasteiger partial charge in [-0.15, -0.1) is 10.2 Å². The molecular weight excluding hydrogens is 533 g/mol. The standard InChI is InChI=1S/C26H23ClFN5O6/c1-37-8-7-21(25(36)31-15-4-6-17(24(29)35)20(28)10-15)33-12-22(38-2)19(11-23(33)34)18-9-14(27)3-5-16(18)26-32-30-13-39-26/h3-6,9-13,21H,7-8H2,1-2H3,(H2,29,35)(H,31,36). The predicted molar refractivity (Wildman–Crippen MR) is 140 cm³/mol. The quantitative estimate of drug-likeness (QED) is 0.300. The molecule has 2 amide bonds. The third-order valence-electron chi connectivity index (χ3n) is 5.86. The summed E-state index contributed by atoms with van der Waals surface area (Å²) in [7, 11) is 2.87. The van der Waals surface area contributed by atoms with E-state index < -0.39 is 29.2 Å². The Kier molecular flexibility index (Phi) is 8.37. The third kappa shape index (κ3) is 5.97. The molecule has 2 aromatic heterocycles. The Balaban J connectivity index is 1.75. The molecule has 11 nitrogen and oxygen atoms in total. The number of halogens is 2. The van der Waals surface area contributed by atoms with Gasteiger partial charge in [0.25, 0.3) is 11.5 Å². The number of primary amides is 1. The van der Waals surface area contributed by atoms with Gasteiger partial charge < -0.3 is 24.9 Å². The molecule has 4 aromatic rings. The van der Waals surface area contributed by atoms with Gasteiger partial charge in [0.1, 0.15) is 17.6 Å². The predicted octanol–water partition coefficient (Wildman–Crippen LogP) is 3.68. The molecule has 0 radical (unpaired) electrons. The van der Waals surface area contributed by atoms with E-state index in [1.807, 2.05) is 0 Å². The maximum absolute atomic E-state index is 14.2. The van der Waals surface area contributed by atoms with Crippen molar-refractivity contribution in [2.45, 2.75) is 12.5 Å². The van der Waals surface area contributed by atoms with Gasteiger partial charge >= 0.3 is 0 Å². The van der Waals surface area contributed by atoms with Gasteiger partial charge in [-0.1, -0.05) is 11.6 Å². The van der Waals surface area contributed by atoms with Crippen molar-refractivity contribution in [3.8, 4) is 28.3 Å². The van der Waals surface area contributed by atoms with E-state index in [-0.39, 0.29) is 35.9 Å². The summed E-state index contributed by atoms with van der Waals surface area (Å²) in [6.07, 6.45) is 2.68. The fourth-order valence-corrected chi connectivity index (χ4v) is 4.18. The number of nitrogens with one attached hydrogen (secondary N) is 1. The van der Waals surface area contributed by atoms with Crippen molar-refractivity contribution in [1.29, 1.82) is 0 Å². The summed E-state index contributed by atoms with van der Waals surface area (Å²) < 4.78 is 31.5. The van der Waals surface area contributed by atoms with Crippen molar-refractivity contribution in [3.05, 3.63) is 81.8 Å². The van der Waals surface area contributed by atoms with Gasteiger partial charge in [0.2, 0.25) is 18.2 Å². The summed E-state index contributed by atoms with van der Waals surface area (Å²) >= 11 is 6.25. The molecule has 2 aromatic carbocycles. The summed E-state index contributed by atoms with van der Waals surface area (Å²) in [5.41, 5.74) is 5.75. The zero-order valence-corrected chi connectivity index (χ0v) is 21.6. The summed E-state index contributed by atoms with van der Waals surface area (Å²) in [6.45, 7) is 0.138. The number of nitrogens with zero attached hydrogens (tertiary/aromatic N) is 3. The van der Waals surface area contributed by atoms with Gasteiger partial charge in [-0.3, -0.25) is 19.0 Å². The summed E-state index contributed by atoms with van der Waals surface area (Å²) in [6, 6.07) is 8.65. The Labute approximate surface area is 226 Å². The first kappa shape index (κ1) is 27.5. The van der Waals surface area contributed by atoms with Crippen LogP contribution in [0.15, 0.2) is 64.3 Å². The molecule has 0 aliphatic heterocycles. The molecule has 0 aliphatic rings. The number of ether oxygens (including phenoxy) is 2. The molecule has 0 spiro atoms. The lowest BCUT2D eigenvalue weighted by atomic mass is 9.99. The van der Waals surface area contributed by atoms with Gasteiger partial charge in [-0.2, -0.15) is 0 Å². The number of rotatable bonds is 10. The number of methoxy groups -OCH3 is 2. The van der Waals surface area contributed by atoms with Crippen molar-refractivity contribution >= 4 is 29.1 Å². The normalized spacial score (nSPS) is 11.7. The number of anilines is 1. The van der Waals surface area contributed by atoms with Crippen LogP contribution in [0.2, 0.25) is 5.02 Å². The number of hydrogen-bond acceptors (Lipinski definition) is 8. The van der Waals surface area contributed by atoms with E-state index >= 15 is 0 Å². The van der Waals surface area contributed by atoms with Crippen LogP contribution in [0, 0.1) is 5.82 Å². The highest BCUT2D eigenvalue weighted by Crippen LogP contribution is 2.38. The highest BCUT2D eigenvalue weighted by molar-refractivity contribution is 6.31. The van der Waals surface area contributed by atoms with Crippen molar-refractivity contribution in [2.24, 2.45) is 5.73 Å². The average molecular weight is 556 g/mol. The fourth-order valence-electron chi connectivity index (χ4n) is 4.01. The second-order valence-corrected chi connectivity index (χ2v) is 8.72. The minimum absolute atomic E-state index is 0.0738. The van der Waals surface area contributed by atoms with Gasteiger partial charge in [0, 0.05) is 48.0 Å². The number of aromatic nitrogens is 3. The van der Waals surface area contributed by atoms with Crippen LogP contribution < -0.4 is 21.3 Å². The third-order valence-corrected chi connectivity index (χ3v) is 6.10. The number of carbonyl (C=O) groups excluding carboxylic acids is 2. The number of carbonyl (C=O) groups is 2. The number of benzene rings is 2. The molecule has 3 N–H and O–H groups in total. The van der Waals surface area contributed by atoms with Crippen molar-refractivity contribution in [2.75, 3.05) is 26.1 Å². The number of hydrogen-bond donors (Lipinski definition) is 2. The molecular formula is C26H23ClFN5O6. The van der Waals surface area contributed by atoms with Crippen LogP contribution >= 0.6 is 11.6 Å². The van der Waals surface area contributed by atoms with E-state index in [9.17, 15) is 18.8 Å². The van der Waals surface area contributed by atoms with Crippen molar-refractivity contribution < 1.29 is 27.9 Å². The van der Waals surface area contributed by atoms with Gasteiger partial charge in [0.05, 0.1) is 18.9 Å². The van der Waals surface area contributed by atoms with E-state index in [1.54, 1.807) is 18.2 Å². The molecule has 0 saturated heterocycles. The molecule has 1 unspecified atom stereocenters. The zero-order valence-electron chi connectivity index (χ0n) is 20.8. The molecule has 13 heteroatoms. The maximum Gasteiger partial charge on any atom is 0.252 e. The van der Waals surface area contributed by atoms with Crippen molar-refractivity contribution in [1.82, 2.24) is 14.8 Å². The van der Waals surface area contributed by atoms with E-state index in [2.05, 4.69) is 15.5 Å². The first-order valence-electron chi connectivity index (χ1n) is 11.5. The lowest BCUT2D eigenvalue weighted by Crippen LogP contribution is -2.34. The van der Waals surface area contributed by atoms with Crippen LogP contribution in [0.1, 0.15) is 22.8 Å². The summed E-state index contributed by atoms with van der Waals surface area (Å²) in [5, 5.41) is 10.6. The molecule has 2 heterocycles. The minimum Gasteiger partial charge on any atom is -0.495 e. The molecule has 0 saturated carbocycles. The molecule has 202 valence electrons.